The van der Waals surface area contributed by atoms with Crippen molar-refractivity contribution in [2.75, 3.05) is 13.1 Å². The maximum absolute atomic E-state index is 12.5. The molecule has 2 N–H and O–H groups in total. The predicted octanol–water partition coefficient (Wildman–Crippen LogP) is 1.64. The Morgan fingerprint density at radius 2 is 1.90 bits per heavy atom. The van der Waals surface area contributed by atoms with Crippen molar-refractivity contribution in [1.82, 2.24) is 14.9 Å². The van der Waals surface area contributed by atoms with Crippen LogP contribution in [0.5, 0.6) is 5.75 Å². The molecule has 7 nitrogen and oxygen atoms in total. The van der Waals surface area contributed by atoms with Crippen molar-refractivity contribution in [3.63, 3.8) is 0 Å². The SMILES string of the molecule is CCN(CC(=O)O)C(=O)c1c(O)cc(Br)c2nccnc12. The molecule has 0 fully saturated rings. The van der Waals surface area contributed by atoms with Gasteiger partial charge in [0.05, 0.1) is 0 Å². The van der Waals surface area contributed by atoms with Crippen LogP contribution in [0.25, 0.3) is 11.0 Å². The number of rotatable bonds is 4. The fraction of sp³-hybridized carbons (Fsp3) is 0.231. The van der Waals surface area contributed by atoms with E-state index >= 15 is 0 Å². The summed E-state index contributed by atoms with van der Waals surface area (Å²) in [5.74, 6) is -2.00. The molecule has 0 unspecified atom stereocenters. The minimum absolute atomic E-state index is 0.0515. The second-order valence-corrected chi connectivity index (χ2v) is 5.07. The summed E-state index contributed by atoms with van der Waals surface area (Å²) < 4.78 is 0.501. The van der Waals surface area contributed by atoms with Crippen LogP contribution in [0.1, 0.15) is 17.3 Å². The third kappa shape index (κ3) is 2.94. The Morgan fingerprint density at radius 1 is 1.29 bits per heavy atom. The monoisotopic (exact) mass is 353 g/mol. The molecule has 1 aromatic carbocycles. The van der Waals surface area contributed by atoms with Crippen molar-refractivity contribution in [2.45, 2.75) is 6.92 Å². The topological polar surface area (TPSA) is 104 Å². The van der Waals surface area contributed by atoms with Crippen LogP contribution in [0.3, 0.4) is 0 Å². The van der Waals surface area contributed by atoms with Gasteiger partial charge in [0.2, 0.25) is 0 Å². The maximum Gasteiger partial charge on any atom is 0.323 e. The van der Waals surface area contributed by atoms with E-state index < -0.39 is 18.4 Å². The van der Waals surface area contributed by atoms with Gasteiger partial charge in [0, 0.05) is 23.4 Å². The molecule has 110 valence electrons. The summed E-state index contributed by atoms with van der Waals surface area (Å²) in [5.41, 5.74) is 0.590. The van der Waals surface area contributed by atoms with Gasteiger partial charge in [-0.3, -0.25) is 19.6 Å². The lowest BCUT2D eigenvalue weighted by molar-refractivity contribution is -0.137. The molecule has 0 radical (unpaired) electrons. The first-order valence-corrected chi connectivity index (χ1v) is 6.88. The Hall–Kier alpha value is -2.22. The highest BCUT2D eigenvalue weighted by Crippen LogP contribution is 2.32. The number of likely N-dealkylation sites (N-methyl/N-ethyl adjacent to an activating group) is 1. The standard InChI is InChI=1S/C13H12BrN3O4/c1-2-17(6-9(19)20)13(21)10-8(18)5-7(14)11-12(10)16-4-3-15-11/h3-5,18H,2,6H2,1H3,(H,19,20). The van der Waals surface area contributed by atoms with Crippen molar-refractivity contribution in [1.29, 1.82) is 0 Å². The van der Waals surface area contributed by atoms with Gasteiger partial charge in [-0.1, -0.05) is 0 Å². The molecule has 0 spiro atoms. The number of phenolic OH excluding ortho intramolecular Hbond substituents is 1. The summed E-state index contributed by atoms with van der Waals surface area (Å²) in [6.45, 7) is 1.40. The first-order valence-electron chi connectivity index (χ1n) is 6.09. The van der Waals surface area contributed by atoms with E-state index in [1.54, 1.807) is 6.92 Å². The molecule has 0 bridgehead atoms. The number of hydrogen-bond donors (Lipinski definition) is 2. The number of fused-ring (bicyclic) bond motifs is 1. The van der Waals surface area contributed by atoms with Gasteiger partial charge in [0.15, 0.2) is 0 Å². The molecule has 8 heteroatoms. The molecular weight excluding hydrogens is 342 g/mol. The van der Waals surface area contributed by atoms with Crippen LogP contribution in [-0.4, -0.2) is 50.0 Å². The second kappa shape index (κ2) is 6.04. The zero-order valence-electron chi connectivity index (χ0n) is 11.1. The van der Waals surface area contributed by atoms with Gasteiger partial charge < -0.3 is 15.1 Å². The second-order valence-electron chi connectivity index (χ2n) is 4.22. The molecule has 0 aliphatic rings. The van der Waals surface area contributed by atoms with Gasteiger partial charge in [-0.25, -0.2) is 0 Å². The molecule has 0 atom stereocenters. The third-order valence-electron chi connectivity index (χ3n) is 2.89. The molecule has 1 heterocycles. The number of carbonyl (C=O) groups excluding carboxylic acids is 1. The normalized spacial score (nSPS) is 10.6. The van der Waals surface area contributed by atoms with E-state index in [0.29, 0.717) is 9.99 Å². The average molecular weight is 354 g/mol. The van der Waals surface area contributed by atoms with Gasteiger partial charge in [-0.15, -0.1) is 0 Å². The van der Waals surface area contributed by atoms with E-state index in [-0.39, 0.29) is 23.4 Å². The number of phenols is 1. The number of aromatic hydroxyl groups is 1. The summed E-state index contributed by atoms with van der Waals surface area (Å²) in [4.78, 5) is 32.6. The number of benzene rings is 1. The maximum atomic E-state index is 12.5. The van der Waals surface area contributed by atoms with E-state index in [2.05, 4.69) is 25.9 Å². The van der Waals surface area contributed by atoms with Crippen molar-refractivity contribution in [3.8, 4) is 5.75 Å². The number of carbonyl (C=O) groups is 2. The largest absolute Gasteiger partial charge is 0.507 e. The number of halogens is 1. The minimum atomic E-state index is -1.13. The van der Waals surface area contributed by atoms with Crippen LogP contribution < -0.4 is 0 Å². The lowest BCUT2D eigenvalue weighted by Crippen LogP contribution is -2.35. The zero-order chi connectivity index (χ0) is 15.6. The lowest BCUT2D eigenvalue weighted by atomic mass is 10.1. The quantitative estimate of drug-likeness (QED) is 0.865. The Balaban J connectivity index is 2.60. The molecule has 2 aromatic rings. The summed E-state index contributed by atoms with van der Waals surface area (Å²) in [5, 5.41) is 18.9. The van der Waals surface area contributed by atoms with Crippen molar-refractivity contribution in [3.05, 3.63) is 28.5 Å². The third-order valence-corrected chi connectivity index (χ3v) is 3.49. The number of aromatic nitrogens is 2. The average Bonchev–Trinajstić information content (AvgIpc) is 2.44. The first kappa shape index (κ1) is 15.2. The Kier molecular flexibility index (Phi) is 4.37. The Morgan fingerprint density at radius 3 is 2.48 bits per heavy atom. The highest BCUT2D eigenvalue weighted by Gasteiger charge is 2.24. The molecular formula is C13H12BrN3O4. The van der Waals surface area contributed by atoms with E-state index in [1.165, 1.54) is 18.5 Å². The predicted molar refractivity (Wildman–Crippen MR) is 78.1 cm³/mol. The van der Waals surface area contributed by atoms with Crippen molar-refractivity contribution < 1.29 is 19.8 Å². The van der Waals surface area contributed by atoms with E-state index in [0.717, 1.165) is 4.90 Å². The zero-order valence-corrected chi connectivity index (χ0v) is 12.7. The van der Waals surface area contributed by atoms with E-state index in [1.807, 2.05) is 0 Å². The number of hydrogen-bond acceptors (Lipinski definition) is 5. The molecule has 1 aromatic heterocycles. The van der Waals surface area contributed by atoms with Crippen LogP contribution in [0.4, 0.5) is 0 Å². The summed E-state index contributed by atoms with van der Waals surface area (Å²) in [6.07, 6.45) is 2.87. The van der Waals surface area contributed by atoms with Gasteiger partial charge in [0.1, 0.15) is 28.9 Å². The Labute approximate surface area is 128 Å². The fourth-order valence-electron chi connectivity index (χ4n) is 1.94. The number of nitrogens with zero attached hydrogens (tertiary/aromatic N) is 3. The minimum Gasteiger partial charge on any atom is -0.507 e. The molecule has 0 aliphatic heterocycles. The van der Waals surface area contributed by atoms with Crippen molar-refractivity contribution >= 4 is 38.8 Å². The van der Waals surface area contributed by atoms with Gasteiger partial charge in [0.25, 0.3) is 5.91 Å². The highest BCUT2D eigenvalue weighted by molar-refractivity contribution is 9.10. The Bertz CT molecular complexity index is 720. The molecule has 2 rings (SSSR count). The number of aliphatic carboxylic acids is 1. The molecule has 1 amide bonds. The smallest absolute Gasteiger partial charge is 0.323 e. The van der Waals surface area contributed by atoms with Crippen LogP contribution in [0, 0.1) is 0 Å². The molecule has 21 heavy (non-hydrogen) atoms. The van der Waals surface area contributed by atoms with Crippen LogP contribution in [0.2, 0.25) is 0 Å². The number of amides is 1. The molecule has 0 saturated carbocycles. The molecule has 0 saturated heterocycles. The van der Waals surface area contributed by atoms with E-state index in [4.69, 9.17) is 5.11 Å². The van der Waals surface area contributed by atoms with Gasteiger partial charge in [-0.05, 0) is 28.9 Å². The van der Waals surface area contributed by atoms with Crippen LogP contribution >= 0.6 is 15.9 Å². The van der Waals surface area contributed by atoms with Crippen LogP contribution in [-0.2, 0) is 4.79 Å². The highest BCUT2D eigenvalue weighted by atomic mass is 79.9. The van der Waals surface area contributed by atoms with E-state index in [9.17, 15) is 14.7 Å². The van der Waals surface area contributed by atoms with Gasteiger partial charge >= 0.3 is 5.97 Å². The van der Waals surface area contributed by atoms with Crippen molar-refractivity contribution in [2.24, 2.45) is 0 Å². The van der Waals surface area contributed by atoms with Gasteiger partial charge in [-0.2, -0.15) is 0 Å². The number of carboxylic acids is 1. The first-order chi connectivity index (χ1) is 9.95. The molecule has 0 aliphatic carbocycles. The van der Waals surface area contributed by atoms with Crippen LogP contribution in [0.15, 0.2) is 22.9 Å². The fourth-order valence-corrected chi connectivity index (χ4v) is 2.44. The summed E-state index contributed by atoms with van der Waals surface area (Å²) in [7, 11) is 0. The summed E-state index contributed by atoms with van der Waals surface area (Å²) >= 11 is 3.24. The lowest BCUT2D eigenvalue weighted by Gasteiger charge is -2.20. The summed E-state index contributed by atoms with van der Waals surface area (Å²) in [6, 6.07) is 1.35. The number of carboxylic acid groups (broad SMARTS) is 1.